The van der Waals surface area contributed by atoms with Crippen molar-refractivity contribution in [1.29, 1.82) is 0 Å². The van der Waals surface area contributed by atoms with E-state index in [1.165, 1.54) is 0 Å². The van der Waals surface area contributed by atoms with Crippen LogP contribution in [0.4, 0.5) is 4.79 Å². The number of hydrogen-bond acceptors (Lipinski definition) is 4. The first-order valence-electron chi connectivity index (χ1n) is 6.91. The van der Waals surface area contributed by atoms with Gasteiger partial charge < -0.3 is 21.1 Å². The van der Waals surface area contributed by atoms with Crippen molar-refractivity contribution in [1.82, 2.24) is 10.6 Å². The molecule has 0 saturated heterocycles. The van der Waals surface area contributed by atoms with Gasteiger partial charge in [-0.05, 0) is 19.3 Å². The molecular formula is C13H25N3O4. The Bertz CT molecular complexity index is 334. The lowest BCUT2D eigenvalue weighted by Crippen LogP contribution is -2.51. The van der Waals surface area contributed by atoms with Gasteiger partial charge in [0.05, 0.1) is 6.61 Å². The summed E-state index contributed by atoms with van der Waals surface area (Å²) in [5, 5.41) is 5.12. The van der Waals surface area contributed by atoms with E-state index in [1.807, 2.05) is 13.8 Å². The number of ether oxygens (including phenoxy) is 1. The van der Waals surface area contributed by atoms with Crippen LogP contribution >= 0.6 is 0 Å². The lowest BCUT2D eigenvalue weighted by atomic mass is 9.98. The number of carbonyl (C=O) groups excluding carboxylic acids is 3. The Hall–Kier alpha value is -1.79. The van der Waals surface area contributed by atoms with Crippen LogP contribution in [0.15, 0.2) is 0 Å². The zero-order valence-corrected chi connectivity index (χ0v) is 12.4. The molecular weight excluding hydrogens is 262 g/mol. The van der Waals surface area contributed by atoms with E-state index in [0.29, 0.717) is 19.6 Å². The van der Waals surface area contributed by atoms with Gasteiger partial charge in [-0.3, -0.25) is 9.59 Å². The van der Waals surface area contributed by atoms with Crippen LogP contribution in [0.1, 0.15) is 40.0 Å². The van der Waals surface area contributed by atoms with E-state index in [1.54, 1.807) is 6.92 Å². The van der Waals surface area contributed by atoms with Crippen LogP contribution in [0.25, 0.3) is 0 Å². The molecule has 0 radical (unpaired) electrons. The number of nitrogens with one attached hydrogen (secondary N) is 2. The smallest absolute Gasteiger partial charge is 0.312 e. The Labute approximate surface area is 119 Å². The molecule has 4 N–H and O–H groups in total. The molecule has 0 fully saturated rings. The van der Waals surface area contributed by atoms with E-state index in [0.717, 1.165) is 6.42 Å². The lowest BCUT2D eigenvalue weighted by Gasteiger charge is -2.22. The molecule has 3 amide bonds. The maximum atomic E-state index is 12.0. The molecule has 7 heteroatoms. The van der Waals surface area contributed by atoms with E-state index in [2.05, 4.69) is 10.6 Å². The van der Waals surface area contributed by atoms with Gasteiger partial charge in [0, 0.05) is 13.0 Å². The topological polar surface area (TPSA) is 111 Å². The fourth-order valence-corrected chi connectivity index (χ4v) is 1.64. The highest BCUT2D eigenvalue weighted by atomic mass is 16.5. The van der Waals surface area contributed by atoms with Crippen LogP contribution in [0.3, 0.4) is 0 Å². The summed E-state index contributed by atoms with van der Waals surface area (Å²) in [4.78, 5) is 34.0. The van der Waals surface area contributed by atoms with Crippen molar-refractivity contribution in [2.24, 2.45) is 11.7 Å². The quantitative estimate of drug-likeness (QED) is 0.424. The van der Waals surface area contributed by atoms with Crippen LogP contribution in [0.5, 0.6) is 0 Å². The first-order valence-corrected chi connectivity index (χ1v) is 6.91. The minimum absolute atomic E-state index is 0.0208. The molecule has 0 aliphatic carbocycles. The number of rotatable bonds is 9. The van der Waals surface area contributed by atoms with Crippen molar-refractivity contribution in [3.8, 4) is 0 Å². The van der Waals surface area contributed by atoms with E-state index in [9.17, 15) is 14.4 Å². The second kappa shape index (κ2) is 10.1. The summed E-state index contributed by atoms with van der Waals surface area (Å²) in [5.74, 6) is -0.593. The average Bonchev–Trinajstić information content (AvgIpc) is 2.40. The van der Waals surface area contributed by atoms with Crippen molar-refractivity contribution < 1.29 is 19.1 Å². The van der Waals surface area contributed by atoms with Crippen LogP contribution < -0.4 is 16.4 Å². The third-order valence-corrected chi connectivity index (χ3v) is 2.96. The molecule has 0 aromatic carbocycles. The number of hydrogen-bond donors (Lipinski definition) is 3. The third kappa shape index (κ3) is 7.60. The molecule has 2 atom stereocenters. The lowest BCUT2D eigenvalue weighted by molar-refractivity contribution is -0.143. The normalized spacial score (nSPS) is 13.2. The van der Waals surface area contributed by atoms with Crippen LogP contribution in [0.2, 0.25) is 0 Å². The molecule has 0 aromatic heterocycles. The fraction of sp³-hybridized carbons (Fsp3) is 0.769. The van der Waals surface area contributed by atoms with E-state index in [4.69, 9.17) is 10.5 Å². The number of primary amides is 1. The molecule has 0 aromatic rings. The van der Waals surface area contributed by atoms with Gasteiger partial charge in [0.1, 0.15) is 6.04 Å². The summed E-state index contributed by atoms with van der Waals surface area (Å²) in [7, 11) is 0. The zero-order valence-electron chi connectivity index (χ0n) is 12.4. The first-order chi connectivity index (χ1) is 9.42. The second-order valence-electron chi connectivity index (χ2n) is 4.57. The molecule has 116 valence electrons. The zero-order chi connectivity index (χ0) is 15.5. The SMILES string of the molecule is CCOC(=O)CCCNC(=O)C(NC(N)=O)C(C)CC. The summed E-state index contributed by atoms with van der Waals surface area (Å²) in [5.41, 5.74) is 5.06. The number of urea groups is 1. The summed E-state index contributed by atoms with van der Waals surface area (Å²) in [6.07, 6.45) is 1.49. The highest BCUT2D eigenvalue weighted by Crippen LogP contribution is 2.07. The van der Waals surface area contributed by atoms with Gasteiger partial charge in [-0.2, -0.15) is 0 Å². The van der Waals surface area contributed by atoms with E-state index >= 15 is 0 Å². The Kier molecular flexibility index (Phi) is 9.15. The van der Waals surface area contributed by atoms with Crippen molar-refractivity contribution in [3.05, 3.63) is 0 Å². The molecule has 0 aliphatic rings. The number of carbonyl (C=O) groups is 3. The number of amides is 3. The van der Waals surface area contributed by atoms with Crippen LogP contribution in [-0.4, -0.2) is 37.1 Å². The number of esters is 1. The average molecular weight is 287 g/mol. The fourth-order valence-electron chi connectivity index (χ4n) is 1.64. The summed E-state index contributed by atoms with van der Waals surface area (Å²) in [6.45, 7) is 6.23. The minimum atomic E-state index is -0.725. The third-order valence-electron chi connectivity index (χ3n) is 2.96. The van der Waals surface area contributed by atoms with E-state index < -0.39 is 12.1 Å². The summed E-state index contributed by atoms with van der Waals surface area (Å²) >= 11 is 0. The van der Waals surface area contributed by atoms with Gasteiger partial charge in [0.15, 0.2) is 0 Å². The molecule has 0 saturated carbocycles. The second-order valence-corrected chi connectivity index (χ2v) is 4.57. The maximum Gasteiger partial charge on any atom is 0.312 e. The van der Waals surface area contributed by atoms with Gasteiger partial charge in [-0.25, -0.2) is 4.79 Å². The highest BCUT2D eigenvalue weighted by molar-refractivity contribution is 5.86. The van der Waals surface area contributed by atoms with Crippen molar-refractivity contribution in [2.45, 2.75) is 46.1 Å². The van der Waals surface area contributed by atoms with Crippen LogP contribution in [0, 0.1) is 5.92 Å². The molecule has 0 heterocycles. The molecule has 20 heavy (non-hydrogen) atoms. The Morgan fingerprint density at radius 2 is 1.90 bits per heavy atom. The predicted molar refractivity (Wildman–Crippen MR) is 74.8 cm³/mol. The largest absolute Gasteiger partial charge is 0.466 e. The van der Waals surface area contributed by atoms with Gasteiger partial charge in [-0.1, -0.05) is 20.3 Å². The predicted octanol–water partition coefficient (Wildman–Crippen LogP) is 0.529. The molecule has 0 spiro atoms. The highest BCUT2D eigenvalue weighted by Gasteiger charge is 2.24. The van der Waals surface area contributed by atoms with Crippen molar-refractivity contribution in [2.75, 3.05) is 13.2 Å². The molecule has 0 bridgehead atoms. The molecule has 7 nitrogen and oxygen atoms in total. The van der Waals surface area contributed by atoms with Gasteiger partial charge >= 0.3 is 12.0 Å². The van der Waals surface area contributed by atoms with Gasteiger partial charge in [0.2, 0.25) is 5.91 Å². The van der Waals surface area contributed by atoms with Crippen molar-refractivity contribution >= 4 is 17.9 Å². The van der Waals surface area contributed by atoms with Gasteiger partial charge in [0.25, 0.3) is 0 Å². The Morgan fingerprint density at radius 1 is 1.25 bits per heavy atom. The first kappa shape index (κ1) is 18.2. The summed E-state index contributed by atoms with van der Waals surface area (Å²) < 4.78 is 4.78. The maximum absolute atomic E-state index is 12.0. The number of nitrogens with two attached hydrogens (primary N) is 1. The Morgan fingerprint density at radius 3 is 2.40 bits per heavy atom. The minimum Gasteiger partial charge on any atom is -0.466 e. The van der Waals surface area contributed by atoms with Crippen LogP contribution in [-0.2, 0) is 14.3 Å². The monoisotopic (exact) mass is 287 g/mol. The van der Waals surface area contributed by atoms with Gasteiger partial charge in [-0.15, -0.1) is 0 Å². The standard InChI is InChI=1S/C13H25N3O4/c1-4-9(3)11(16-13(14)19)12(18)15-8-6-7-10(17)20-5-2/h9,11H,4-8H2,1-3H3,(H,15,18)(H3,14,16,19). The Balaban J connectivity index is 4.13. The summed E-state index contributed by atoms with van der Waals surface area (Å²) in [6, 6.07) is -1.38. The molecule has 2 unspecified atom stereocenters. The van der Waals surface area contributed by atoms with Crippen molar-refractivity contribution in [3.63, 3.8) is 0 Å². The van der Waals surface area contributed by atoms with E-state index in [-0.39, 0.29) is 24.2 Å². The molecule has 0 rings (SSSR count). The molecule has 0 aliphatic heterocycles.